The maximum absolute atomic E-state index is 10.3. The summed E-state index contributed by atoms with van der Waals surface area (Å²) in [5, 5.41) is 27.9. The van der Waals surface area contributed by atoms with Gasteiger partial charge in [-0.3, -0.25) is 5.10 Å². The van der Waals surface area contributed by atoms with Gasteiger partial charge in [0.15, 0.2) is 5.82 Å². The van der Waals surface area contributed by atoms with E-state index in [0.717, 1.165) is 28.1 Å². The summed E-state index contributed by atoms with van der Waals surface area (Å²) in [4.78, 5) is 0. The monoisotopic (exact) mass is 385 g/mol. The first-order valence-electron chi connectivity index (χ1n) is 8.15. The Morgan fingerprint density at radius 3 is 2.92 bits per heavy atom. The third kappa shape index (κ3) is 2.22. The summed E-state index contributed by atoms with van der Waals surface area (Å²) in [6.45, 7) is 0.625. The van der Waals surface area contributed by atoms with Gasteiger partial charge in [-0.05, 0) is 18.2 Å². The quantitative estimate of drug-likeness (QED) is 0.542. The van der Waals surface area contributed by atoms with Crippen molar-refractivity contribution in [3.63, 3.8) is 0 Å². The molecule has 0 bridgehead atoms. The average molecular weight is 386 g/mol. The first-order chi connectivity index (χ1) is 12.6. The highest BCUT2D eigenvalue weighted by Gasteiger charge is 2.31. The van der Waals surface area contributed by atoms with Crippen molar-refractivity contribution < 1.29 is 5.11 Å². The van der Waals surface area contributed by atoms with E-state index in [1.54, 1.807) is 18.3 Å². The van der Waals surface area contributed by atoms with Gasteiger partial charge in [-0.15, -0.1) is 10.2 Å². The van der Waals surface area contributed by atoms with Gasteiger partial charge >= 0.3 is 0 Å². The Morgan fingerprint density at radius 1 is 1.15 bits per heavy atom. The number of rotatable bonds is 2. The number of phenolic OH excluding ortho intramolecular Hbond substituents is 1. The lowest BCUT2D eigenvalue weighted by atomic mass is 9.96. The Balaban J connectivity index is 1.59. The highest BCUT2D eigenvalue weighted by atomic mass is 35.5. The minimum Gasteiger partial charge on any atom is -0.508 e. The fourth-order valence-electron chi connectivity index (χ4n) is 3.68. The zero-order valence-corrected chi connectivity index (χ0v) is 15.0. The number of nitrogens with one attached hydrogen (secondary N) is 1. The first kappa shape index (κ1) is 15.7. The smallest absolute Gasteiger partial charge is 0.164 e. The molecule has 2 aromatic heterocycles. The van der Waals surface area contributed by atoms with E-state index in [9.17, 15) is 5.11 Å². The molecular weight excluding hydrogens is 373 g/mol. The summed E-state index contributed by atoms with van der Waals surface area (Å²) in [7, 11) is 0. The summed E-state index contributed by atoms with van der Waals surface area (Å²) >= 11 is 12.5. The molecule has 0 saturated heterocycles. The number of halogens is 2. The van der Waals surface area contributed by atoms with Gasteiger partial charge in [0.05, 0.1) is 21.8 Å². The van der Waals surface area contributed by atoms with Crippen LogP contribution in [0.25, 0.3) is 22.3 Å². The average Bonchev–Trinajstić information content (AvgIpc) is 3.33. The van der Waals surface area contributed by atoms with Crippen molar-refractivity contribution in [2.75, 3.05) is 0 Å². The van der Waals surface area contributed by atoms with E-state index in [1.807, 2.05) is 18.2 Å². The molecule has 1 aliphatic rings. The fraction of sp³-hybridized carbons (Fsp3) is 0.167. The van der Waals surface area contributed by atoms with Crippen LogP contribution in [0.2, 0.25) is 10.0 Å². The van der Waals surface area contributed by atoms with Crippen molar-refractivity contribution in [2.24, 2.45) is 0 Å². The standard InChI is InChI=1S/C18H13Cl2N5O/c19-12-4-5-14(26)16(17(12)20)9-6-15-23-24-18(25(15)8-9)10-2-1-3-13-11(10)7-21-22-13/h1-5,7,9,26H,6,8H2,(H,21,22)/t9-/m1/s1. The van der Waals surface area contributed by atoms with E-state index in [-0.39, 0.29) is 11.7 Å². The van der Waals surface area contributed by atoms with E-state index in [2.05, 4.69) is 25.0 Å². The van der Waals surface area contributed by atoms with Crippen LogP contribution in [-0.2, 0) is 13.0 Å². The number of fused-ring (bicyclic) bond motifs is 2. The van der Waals surface area contributed by atoms with Crippen LogP contribution in [0.15, 0.2) is 36.5 Å². The SMILES string of the molecule is Oc1ccc(Cl)c(Cl)c1[C@@H]1Cc2nnc(-c3cccc4[nH]ncc34)n2C1. The molecule has 0 fully saturated rings. The van der Waals surface area contributed by atoms with Gasteiger partial charge in [-0.1, -0.05) is 35.3 Å². The van der Waals surface area contributed by atoms with Crippen molar-refractivity contribution >= 4 is 34.1 Å². The predicted octanol–water partition coefficient (Wildman–Crippen LogP) is 4.17. The van der Waals surface area contributed by atoms with Crippen LogP contribution < -0.4 is 0 Å². The maximum atomic E-state index is 10.3. The van der Waals surface area contributed by atoms with Crippen molar-refractivity contribution in [3.05, 3.63) is 58.0 Å². The third-order valence-corrected chi connectivity index (χ3v) is 5.72. The van der Waals surface area contributed by atoms with Gasteiger partial charge < -0.3 is 9.67 Å². The molecule has 1 atom stereocenters. The second kappa shape index (κ2) is 5.72. The molecule has 6 nitrogen and oxygen atoms in total. The van der Waals surface area contributed by atoms with E-state index >= 15 is 0 Å². The van der Waals surface area contributed by atoms with Gasteiger partial charge in [-0.2, -0.15) is 5.10 Å². The minimum atomic E-state index is -0.00555. The number of hydrogen-bond acceptors (Lipinski definition) is 4. The molecule has 0 spiro atoms. The highest BCUT2D eigenvalue weighted by molar-refractivity contribution is 6.42. The van der Waals surface area contributed by atoms with Crippen LogP contribution in [0.4, 0.5) is 0 Å². The van der Waals surface area contributed by atoms with Crippen LogP contribution in [0.1, 0.15) is 17.3 Å². The lowest BCUT2D eigenvalue weighted by molar-refractivity contribution is 0.459. The third-order valence-electron chi connectivity index (χ3n) is 4.90. The number of H-pyrrole nitrogens is 1. The van der Waals surface area contributed by atoms with Crippen LogP contribution in [0.3, 0.4) is 0 Å². The first-order valence-corrected chi connectivity index (χ1v) is 8.90. The number of hydrogen-bond donors (Lipinski definition) is 2. The van der Waals surface area contributed by atoms with Gasteiger partial charge in [0.1, 0.15) is 11.6 Å². The molecule has 2 aromatic carbocycles. The number of aromatic amines is 1. The topological polar surface area (TPSA) is 79.6 Å². The van der Waals surface area contributed by atoms with Crippen LogP contribution in [0, 0.1) is 0 Å². The van der Waals surface area contributed by atoms with Crippen molar-refractivity contribution in [3.8, 4) is 17.1 Å². The normalized spacial score (nSPS) is 16.3. The Hall–Kier alpha value is -2.57. The molecule has 26 heavy (non-hydrogen) atoms. The van der Waals surface area contributed by atoms with E-state index < -0.39 is 0 Å². The number of benzene rings is 2. The van der Waals surface area contributed by atoms with Gasteiger partial charge in [0.2, 0.25) is 0 Å². The van der Waals surface area contributed by atoms with Gasteiger partial charge in [0, 0.05) is 35.4 Å². The Kier molecular flexibility index (Phi) is 3.45. The molecular formula is C18H13Cl2N5O. The summed E-state index contributed by atoms with van der Waals surface area (Å²) < 4.78 is 2.07. The van der Waals surface area contributed by atoms with E-state index in [0.29, 0.717) is 28.6 Å². The molecule has 0 unspecified atom stereocenters. The lowest BCUT2D eigenvalue weighted by Gasteiger charge is -2.15. The molecule has 1 aliphatic heterocycles. The maximum Gasteiger partial charge on any atom is 0.164 e. The Labute approximate surface area is 158 Å². The van der Waals surface area contributed by atoms with Crippen LogP contribution >= 0.6 is 23.2 Å². The predicted molar refractivity (Wildman–Crippen MR) is 99.7 cm³/mol. The van der Waals surface area contributed by atoms with Crippen molar-refractivity contribution in [1.29, 1.82) is 0 Å². The van der Waals surface area contributed by atoms with Crippen LogP contribution in [0.5, 0.6) is 5.75 Å². The van der Waals surface area contributed by atoms with E-state index in [1.165, 1.54) is 0 Å². The molecule has 8 heteroatoms. The lowest BCUT2D eigenvalue weighted by Crippen LogP contribution is -2.04. The second-order valence-corrected chi connectivity index (χ2v) is 7.17. The zero-order chi connectivity index (χ0) is 17.8. The summed E-state index contributed by atoms with van der Waals surface area (Å²) in [6, 6.07) is 9.12. The van der Waals surface area contributed by atoms with Crippen molar-refractivity contribution in [2.45, 2.75) is 18.9 Å². The molecule has 5 rings (SSSR count). The fourth-order valence-corrected chi connectivity index (χ4v) is 4.16. The molecule has 4 aromatic rings. The largest absolute Gasteiger partial charge is 0.508 e. The van der Waals surface area contributed by atoms with Gasteiger partial charge in [0.25, 0.3) is 0 Å². The number of aromatic nitrogens is 5. The number of aromatic hydroxyl groups is 1. The summed E-state index contributed by atoms with van der Waals surface area (Å²) in [5.74, 6) is 1.80. The molecule has 0 aliphatic carbocycles. The molecule has 130 valence electrons. The second-order valence-electron chi connectivity index (χ2n) is 6.38. The van der Waals surface area contributed by atoms with Gasteiger partial charge in [-0.25, -0.2) is 0 Å². The molecule has 3 heterocycles. The molecule has 0 saturated carbocycles. The zero-order valence-electron chi connectivity index (χ0n) is 13.4. The summed E-state index contributed by atoms with van der Waals surface area (Å²) in [5.41, 5.74) is 2.58. The highest BCUT2D eigenvalue weighted by Crippen LogP contribution is 2.42. The van der Waals surface area contributed by atoms with Crippen LogP contribution in [-0.4, -0.2) is 30.1 Å². The molecule has 0 amide bonds. The molecule has 0 radical (unpaired) electrons. The number of nitrogens with zero attached hydrogens (tertiary/aromatic N) is 4. The number of phenols is 1. The molecule has 2 N–H and O–H groups in total. The minimum absolute atomic E-state index is 0.00555. The summed E-state index contributed by atoms with van der Waals surface area (Å²) in [6.07, 6.45) is 2.43. The Bertz CT molecular complexity index is 1150. The van der Waals surface area contributed by atoms with Crippen molar-refractivity contribution in [1.82, 2.24) is 25.0 Å². The van der Waals surface area contributed by atoms with E-state index in [4.69, 9.17) is 23.2 Å². The Morgan fingerprint density at radius 2 is 2.04 bits per heavy atom.